The molecule has 0 amide bonds. The van der Waals surface area contributed by atoms with Crippen molar-refractivity contribution in [3.8, 4) is 0 Å². The molecule has 0 radical (unpaired) electrons. The van der Waals surface area contributed by atoms with Crippen molar-refractivity contribution in [2.45, 2.75) is 39.4 Å². The van der Waals surface area contributed by atoms with E-state index in [-0.39, 0.29) is 11.6 Å². The molecular weight excluding hydrogens is 466 g/mol. The fourth-order valence-corrected chi connectivity index (χ4v) is 5.07. The molecule has 0 saturated carbocycles. The monoisotopic (exact) mass is 501 g/mol. The number of benzene rings is 2. The Bertz CT molecular complexity index is 1360. The third-order valence-corrected chi connectivity index (χ3v) is 7.12. The molecule has 2 aromatic heterocycles. The summed E-state index contributed by atoms with van der Waals surface area (Å²) >= 11 is 0. The number of aromatic amines is 1. The van der Waals surface area contributed by atoms with E-state index in [1.165, 1.54) is 5.56 Å². The molecule has 37 heavy (non-hydrogen) atoms. The van der Waals surface area contributed by atoms with Gasteiger partial charge in [-0.15, -0.1) is 5.10 Å². The largest absolute Gasteiger partial charge is 0.379 e. The Morgan fingerprint density at radius 1 is 1.11 bits per heavy atom. The average molecular weight is 502 g/mol. The number of aromatic nitrogens is 5. The number of hydrogen-bond donors (Lipinski definition) is 1. The van der Waals surface area contributed by atoms with E-state index in [0.29, 0.717) is 13.1 Å². The van der Waals surface area contributed by atoms with Gasteiger partial charge in [0.1, 0.15) is 0 Å². The van der Waals surface area contributed by atoms with E-state index in [1.54, 1.807) is 0 Å². The summed E-state index contributed by atoms with van der Waals surface area (Å²) in [5.41, 5.74) is 3.87. The predicted octanol–water partition coefficient (Wildman–Crippen LogP) is 3.16. The van der Waals surface area contributed by atoms with Gasteiger partial charge < -0.3 is 9.72 Å². The molecule has 9 heteroatoms. The van der Waals surface area contributed by atoms with Crippen molar-refractivity contribution in [2.24, 2.45) is 0 Å². The SMILES string of the molecule is CC[C@@H](c1nnnn1Cc1ccccc1)N(CCN1CCOCC1)Cc1cc2cc(C)ccc2[nH]c1=O. The van der Waals surface area contributed by atoms with Crippen LogP contribution in [0.15, 0.2) is 59.4 Å². The first-order valence-corrected chi connectivity index (χ1v) is 13.1. The number of rotatable bonds is 10. The number of morpholine rings is 1. The summed E-state index contributed by atoms with van der Waals surface area (Å²) in [5, 5.41) is 13.9. The van der Waals surface area contributed by atoms with Crippen LogP contribution in [0.25, 0.3) is 10.9 Å². The molecule has 9 nitrogen and oxygen atoms in total. The predicted molar refractivity (Wildman–Crippen MR) is 143 cm³/mol. The van der Waals surface area contributed by atoms with Crippen LogP contribution in [0.2, 0.25) is 0 Å². The zero-order chi connectivity index (χ0) is 25.6. The van der Waals surface area contributed by atoms with E-state index in [2.05, 4.69) is 62.4 Å². The van der Waals surface area contributed by atoms with Crippen LogP contribution in [-0.4, -0.2) is 74.4 Å². The number of pyridine rings is 1. The van der Waals surface area contributed by atoms with Crippen LogP contribution in [0, 0.1) is 6.92 Å². The maximum Gasteiger partial charge on any atom is 0.252 e. The Labute approximate surface area is 217 Å². The van der Waals surface area contributed by atoms with Crippen LogP contribution >= 0.6 is 0 Å². The van der Waals surface area contributed by atoms with Gasteiger partial charge in [-0.3, -0.25) is 14.6 Å². The number of fused-ring (bicyclic) bond motifs is 1. The van der Waals surface area contributed by atoms with Gasteiger partial charge in [0, 0.05) is 43.8 Å². The molecule has 3 heterocycles. The van der Waals surface area contributed by atoms with Crippen molar-refractivity contribution >= 4 is 10.9 Å². The Hall–Kier alpha value is -3.40. The smallest absolute Gasteiger partial charge is 0.252 e. The molecule has 194 valence electrons. The molecule has 5 rings (SSSR count). The third kappa shape index (κ3) is 6.12. The summed E-state index contributed by atoms with van der Waals surface area (Å²) < 4.78 is 7.43. The van der Waals surface area contributed by atoms with Crippen molar-refractivity contribution in [3.63, 3.8) is 0 Å². The van der Waals surface area contributed by atoms with Crippen LogP contribution in [-0.2, 0) is 17.8 Å². The van der Waals surface area contributed by atoms with Crippen molar-refractivity contribution in [3.05, 3.63) is 87.5 Å². The molecule has 1 N–H and O–H groups in total. The minimum absolute atomic E-state index is 0.0349. The quantitative estimate of drug-likeness (QED) is 0.357. The number of ether oxygens (including phenoxy) is 1. The number of nitrogens with zero attached hydrogens (tertiary/aromatic N) is 6. The lowest BCUT2D eigenvalue weighted by Crippen LogP contribution is -2.43. The average Bonchev–Trinajstić information content (AvgIpc) is 3.37. The van der Waals surface area contributed by atoms with Crippen LogP contribution in [0.5, 0.6) is 0 Å². The van der Waals surface area contributed by atoms with Crippen LogP contribution in [0.3, 0.4) is 0 Å². The highest BCUT2D eigenvalue weighted by molar-refractivity contribution is 5.79. The van der Waals surface area contributed by atoms with E-state index >= 15 is 0 Å². The van der Waals surface area contributed by atoms with Crippen LogP contribution in [0.1, 0.15) is 41.9 Å². The van der Waals surface area contributed by atoms with E-state index in [0.717, 1.165) is 73.7 Å². The fraction of sp³-hybridized carbons (Fsp3) is 0.429. The second-order valence-corrected chi connectivity index (χ2v) is 9.74. The zero-order valence-electron chi connectivity index (χ0n) is 21.6. The van der Waals surface area contributed by atoms with Gasteiger partial charge in [0.05, 0.1) is 25.8 Å². The van der Waals surface area contributed by atoms with Gasteiger partial charge in [0.15, 0.2) is 5.82 Å². The van der Waals surface area contributed by atoms with Gasteiger partial charge in [-0.1, -0.05) is 48.9 Å². The van der Waals surface area contributed by atoms with Crippen molar-refractivity contribution in [1.29, 1.82) is 0 Å². The lowest BCUT2D eigenvalue weighted by atomic mass is 10.1. The van der Waals surface area contributed by atoms with Crippen LogP contribution < -0.4 is 5.56 Å². The molecule has 4 aromatic rings. The maximum atomic E-state index is 13.1. The molecule has 1 aliphatic rings. The van der Waals surface area contributed by atoms with E-state index in [9.17, 15) is 4.79 Å². The molecule has 0 aliphatic carbocycles. The van der Waals surface area contributed by atoms with Gasteiger partial charge in [-0.05, 0) is 52.9 Å². The Morgan fingerprint density at radius 2 is 1.92 bits per heavy atom. The summed E-state index contributed by atoms with van der Waals surface area (Å²) in [7, 11) is 0. The summed E-state index contributed by atoms with van der Waals surface area (Å²) in [6, 6.07) is 18.3. The number of tetrazole rings is 1. The lowest BCUT2D eigenvalue weighted by molar-refractivity contribution is 0.0292. The number of aryl methyl sites for hydroxylation is 1. The standard InChI is InChI=1S/C28H35N7O2/c1-3-26(27-30-31-32-35(27)19-22-7-5-4-6-8-22)34(12-11-33-13-15-37-16-14-33)20-24-18-23-17-21(2)9-10-25(23)29-28(24)36/h4-10,17-18,26H,3,11-16,19-20H2,1-2H3,(H,29,36)/t26-/m0/s1. The Balaban J connectivity index is 1.45. The lowest BCUT2D eigenvalue weighted by Gasteiger charge is -2.33. The molecule has 1 saturated heterocycles. The third-order valence-electron chi connectivity index (χ3n) is 7.12. The van der Waals surface area contributed by atoms with Gasteiger partial charge in [-0.2, -0.15) is 0 Å². The van der Waals surface area contributed by atoms with E-state index < -0.39 is 0 Å². The molecule has 0 bridgehead atoms. The number of hydrogen-bond acceptors (Lipinski definition) is 7. The van der Waals surface area contributed by atoms with Crippen molar-refractivity contribution in [1.82, 2.24) is 35.0 Å². The van der Waals surface area contributed by atoms with Gasteiger partial charge in [0.2, 0.25) is 0 Å². The summed E-state index contributed by atoms with van der Waals surface area (Å²) in [6.07, 6.45) is 0.822. The topological polar surface area (TPSA) is 92.2 Å². The molecule has 2 aromatic carbocycles. The molecule has 1 fully saturated rings. The Kier molecular flexibility index (Phi) is 8.03. The van der Waals surface area contributed by atoms with Crippen molar-refractivity contribution < 1.29 is 4.74 Å². The minimum Gasteiger partial charge on any atom is -0.379 e. The van der Waals surface area contributed by atoms with Gasteiger partial charge in [-0.25, -0.2) is 4.68 Å². The number of nitrogens with one attached hydrogen (secondary N) is 1. The molecule has 0 unspecified atom stereocenters. The molecular formula is C28H35N7O2. The fourth-order valence-electron chi connectivity index (χ4n) is 5.07. The van der Waals surface area contributed by atoms with E-state index in [1.807, 2.05) is 41.1 Å². The second-order valence-electron chi connectivity index (χ2n) is 9.74. The van der Waals surface area contributed by atoms with Gasteiger partial charge >= 0.3 is 0 Å². The first-order valence-electron chi connectivity index (χ1n) is 13.1. The maximum absolute atomic E-state index is 13.1. The van der Waals surface area contributed by atoms with Crippen molar-refractivity contribution in [2.75, 3.05) is 39.4 Å². The molecule has 1 aliphatic heterocycles. The summed E-state index contributed by atoms with van der Waals surface area (Å²) in [5.74, 6) is 0.821. The van der Waals surface area contributed by atoms with E-state index in [4.69, 9.17) is 4.74 Å². The first-order chi connectivity index (χ1) is 18.1. The summed E-state index contributed by atoms with van der Waals surface area (Å²) in [4.78, 5) is 21.0. The molecule has 0 spiro atoms. The van der Waals surface area contributed by atoms with Crippen LogP contribution in [0.4, 0.5) is 0 Å². The zero-order valence-corrected chi connectivity index (χ0v) is 21.6. The minimum atomic E-state index is -0.0496. The first kappa shape index (κ1) is 25.3. The number of H-pyrrole nitrogens is 1. The highest BCUT2D eigenvalue weighted by atomic mass is 16.5. The molecule has 1 atom stereocenters. The Morgan fingerprint density at radius 3 is 2.70 bits per heavy atom. The highest BCUT2D eigenvalue weighted by Gasteiger charge is 2.26. The second kappa shape index (κ2) is 11.8. The highest BCUT2D eigenvalue weighted by Crippen LogP contribution is 2.25. The normalized spacial score (nSPS) is 15.4. The summed E-state index contributed by atoms with van der Waals surface area (Å²) in [6.45, 7) is 10.4. The van der Waals surface area contributed by atoms with Gasteiger partial charge in [0.25, 0.3) is 5.56 Å².